The van der Waals surface area contributed by atoms with Gasteiger partial charge in [0.2, 0.25) is 11.8 Å². The minimum atomic E-state index is -0.156. The molecule has 130 valence electrons. The zero-order valence-electron chi connectivity index (χ0n) is 14.7. The molecule has 5 heteroatoms. The van der Waals surface area contributed by atoms with Crippen LogP contribution in [0.4, 0.5) is 0 Å². The van der Waals surface area contributed by atoms with Crippen LogP contribution in [-0.4, -0.2) is 59.5 Å². The molecule has 0 N–H and O–H groups in total. The minimum Gasteiger partial charge on any atom is -0.375 e. The van der Waals surface area contributed by atoms with Crippen molar-refractivity contribution >= 4 is 11.8 Å². The second-order valence-electron chi connectivity index (χ2n) is 7.18. The van der Waals surface area contributed by atoms with E-state index in [1.54, 1.807) is 4.90 Å². The molecule has 0 aromatic rings. The van der Waals surface area contributed by atoms with E-state index in [4.69, 9.17) is 4.74 Å². The molecule has 2 amide bonds. The minimum absolute atomic E-state index is 0.0329. The van der Waals surface area contributed by atoms with E-state index in [2.05, 4.69) is 27.4 Å². The number of likely N-dealkylation sites (tertiary alicyclic amines) is 1. The van der Waals surface area contributed by atoms with Gasteiger partial charge in [0, 0.05) is 38.2 Å². The molecule has 2 rings (SSSR count). The van der Waals surface area contributed by atoms with Crippen LogP contribution in [0, 0.1) is 5.92 Å². The average Bonchev–Trinajstić information content (AvgIpc) is 2.54. The van der Waals surface area contributed by atoms with Crippen molar-refractivity contribution in [1.82, 2.24) is 9.80 Å². The fourth-order valence-corrected chi connectivity index (χ4v) is 3.77. The van der Waals surface area contributed by atoms with Crippen molar-refractivity contribution in [2.75, 3.05) is 26.2 Å². The van der Waals surface area contributed by atoms with Crippen LogP contribution in [0.2, 0.25) is 0 Å². The molecule has 0 aliphatic carbocycles. The summed E-state index contributed by atoms with van der Waals surface area (Å²) in [6.45, 7) is 12.5. The topological polar surface area (TPSA) is 49.9 Å². The Morgan fingerprint density at radius 1 is 1.30 bits per heavy atom. The zero-order chi connectivity index (χ0) is 17.0. The van der Waals surface area contributed by atoms with E-state index in [1.165, 1.54) is 6.08 Å². The van der Waals surface area contributed by atoms with Crippen molar-refractivity contribution in [1.29, 1.82) is 0 Å². The number of hydrogen-bond acceptors (Lipinski definition) is 3. The number of hydrogen-bond donors (Lipinski definition) is 0. The van der Waals surface area contributed by atoms with Crippen molar-refractivity contribution < 1.29 is 14.3 Å². The molecule has 5 nitrogen and oxygen atoms in total. The van der Waals surface area contributed by atoms with Gasteiger partial charge in [0.1, 0.15) is 0 Å². The quantitative estimate of drug-likeness (QED) is 0.746. The summed E-state index contributed by atoms with van der Waals surface area (Å²) in [7, 11) is 0. The van der Waals surface area contributed by atoms with Crippen molar-refractivity contribution in [3.8, 4) is 0 Å². The standard InChI is InChI=1S/C18H30N2O3/c1-5-16(21)19-10-7-14(8-11-19)17(22)20(6-2)15-9-12-23-18(3,4)13-15/h5,14-15H,1,6-13H2,2-4H3. The first-order valence-corrected chi connectivity index (χ1v) is 8.73. The van der Waals surface area contributed by atoms with E-state index in [1.807, 2.05) is 4.90 Å². The number of ether oxygens (including phenoxy) is 1. The predicted octanol–water partition coefficient (Wildman–Crippen LogP) is 2.22. The SMILES string of the molecule is C=CC(=O)N1CCC(C(=O)N(CC)C2CCOC(C)(C)C2)CC1. The number of piperidine rings is 1. The molecule has 0 aromatic carbocycles. The lowest BCUT2D eigenvalue weighted by molar-refractivity contribution is -0.146. The highest BCUT2D eigenvalue weighted by molar-refractivity contribution is 5.87. The number of carbonyl (C=O) groups is 2. The molecular weight excluding hydrogens is 292 g/mol. The number of amides is 2. The Bertz CT molecular complexity index is 453. The molecule has 2 fully saturated rings. The van der Waals surface area contributed by atoms with Crippen LogP contribution >= 0.6 is 0 Å². The van der Waals surface area contributed by atoms with Crippen LogP contribution in [0.5, 0.6) is 0 Å². The van der Waals surface area contributed by atoms with Gasteiger partial charge >= 0.3 is 0 Å². The molecule has 0 bridgehead atoms. The summed E-state index contributed by atoms with van der Waals surface area (Å²) in [5.74, 6) is 0.255. The molecule has 0 aromatic heterocycles. The first kappa shape index (κ1) is 18.0. The van der Waals surface area contributed by atoms with Crippen molar-refractivity contribution in [2.24, 2.45) is 5.92 Å². The third kappa shape index (κ3) is 4.34. The van der Waals surface area contributed by atoms with Crippen LogP contribution in [0.3, 0.4) is 0 Å². The Hall–Kier alpha value is -1.36. The van der Waals surface area contributed by atoms with E-state index in [-0.39, 0.29) is 29.4 Å². The van der Waals surface area contributed by atoms with Crippen LogP contribution in [0.15, 0.2) is 12.7 Å². The Balaban J connectivity index is 1.95. The van der Waals surface area contributed by atoms with Gasteiger partial charge in [-0.05, 0) is 52.5 Å². The highest BCUT2D eigenvalue weighted by Gasteiger charge is 2.36. The van der Waals surface area contributed by atoms with Crippen molar-refractivity contribution in [3.63, 3.8) is 0 Å². The lowest BCUT2D eigenvalue weighted by Gasteiger charge is -2.43. The Labute approximate surface area is 139 Å². The van der Waals surface area contributed by atoms with Gasteiger partial charge in [-0.15, -0.1) is 0 Å². The van der Waals surface area contributed by atoms with E-state index in [0.29, 0.717) is 19.7 Å². The fourth-order valence-electron chi connectivity index (χ4n) is 3.77. The van der Waals surface area contributed by atoms with Gasteiger partial charge in [0.15, 0.2) is 0 Å². The van der Waals surface area contributed by atoms with E-state index >= 15 is 0 Å². The predicted molar refractivity (Wildman–Crippen MR) is 89.9 cm³/mol. The second kappa shape index (κ2) is 7.47. The number of nitrogens with zero attached hydrogens (tertiary/aromatic N) is 2. The average molecular weight is 322 g/mol. The molecule has 2 saturated heterocycles. The first-order valence-electron chi connectivity index (χ1n) is 8.73. The Morgan fingerprint density at radius 2 is 1.96 bits per heavy atom. The summed E-state index contributed by atoms with van der Waals surface area (Å²) in [4.78, 5) is 28.4. The molecule has 2 aliphatic rings. The van der Waals surface area contributed by atoms with E-state index in [0.717, 1.165) is 32.2 Å². The zero-order valence-corrected chi connectivity index (χ0v) is 14.7. The molecule has 0 radical (unpaired) electrons. The highest BCUT2D eigenvalue weighted by Crippen LogP contribution is 2.29. The summed E-state index contributed by atoms with van der Waals surface area (Å²) >= 11 is 0. The van der Waals surface area contributed by atoms with Crippen molar-refractivity contribution in [3.05, 3.63) is 12.7 Å². The van der Waals surface area contributed by atoms with Gasteiger partial charge in [-0.25, -0.2) is 0 Å². The van der Waals surface area contributed by atoms with Crippen LogP contribution in [-0.2, 0) is 14.3 Å². The molecule has 0 saturated carbocycles. The third-order valence-corrected chi connectivity index (χ3v) is 5.07. The van der Waals surface area contributed by atoms with Gasteiger partial charge in [0.25, 0.3) is 0 Å². The number of rotatable bonds is 4. The summed E-state index contributed by atoms with van der Waals surface area (Å²) in [6.07, 6.45) is 4.66. The van der Waals surface area contributed by atoms with Gasteiger partial charge in [0.05, 0.1) is 5.60 Å². The largest absolute Gasteiger partial charge is 0.375 e. The Morgan fingerprint density at radius 3 is 2.48 bits per heavy atom. The molecule has 0 spiro atoms. The second-order valence-corrected chi connectivity index (χ2v) is 7.18. The maximum absolute atomic E-state index is 12.9. The van der Waals surface area contributed by atoms with Crippen LogP contribution < -0.4 is 0 Å². The van der Waals surface area contributed by atoms with E-state index < -0.39 is 0 Å². The summed E-state index contributed by atoms with van der Waals surface area (Å²) in [6, 6.07) is 0.268. The molecular formula is C18H30N2O3. The smallest absolute Gasteiger partial charge is 0.245 e. The maximum atomic E-state index is 12.9. The maximum Gasteiger partial charge on any atom is 0.245 e. The Kier molecular flexibility index (Phi) is 5.84. The summed E-state index contributed by atoms with van der Waals surface area (Å²) in [5.41, 5.74) is -0.156. The number of carbonyl (C=O) groups excluding carboxylic acids is 2. The lowest BCUT2D eigenvalue weighted by atomic mass is 9.90. The van der Waals surface area contributed by atoms with Crippen molar-refractivity contribution in [2.45, 2.75) is 58.1 Å². The summed E-state index contributed by atoms with van der Waals surface area (Å²) < 4.78 is 5.78. The molecule has 1 atom stereocenters. The monoisotopic (exact) mass is 322 g/mol. The fraction of sp³-hybridized carbons (Fsp3) is 0.778. The van der Waals surface area contributed by atoms with Gasteiger partial charge in [-0.2, -0.15) is 0 Å². The molecule has 2 heterocycles. The summed E-state index contributed by atoms with van der Waals surface area (Å²) in [5, 5.41) is 0. The van der Waals surface area contributed by atoms with E-state index in [9.17, 15) is 9.59 Å². The molecule has 1 unspecified atom stereocenters. The third-order valence-electron chi connectivity index (χ3n) is 5.07. The molecule has 2 aliphatic heterocycles. The van der Waals surface area contributed by atoms with Gasteiger partial charge in [-0.3, -0.25) is 9.59 Å². The highest BCUT2D eigenvalue weighted by atomic mass is 16.5. The van der Waals surface area contributed by atoms with Crippen LogP contribution in [0.1, 0.15) is 46.5 Å². The van der Waals surface area contributed by atoms with Gasteiger partial charge < -0.3 is 14.5 Å². The normalized spacial score (nSPS) is 25.0. The molecule has 23 heavy (non-hydrogen) atoms. The van der Waals surface area contributed by atoms with Crippen LogP contribution in [0.25, 0.3) is 0 Å². The lowest BCUT2D eigenvalue weighted by Crippen LogP contribution is -2.51. The first-order chi connectivity index (χ1) is 10.9. The van der Waals surface area contributed by atoms with Gasteiger partial charge in [-0.1, -0.05) is 6.58 Å².